The van der Waals surface area contributed by atoms with Gasteiger partial charge in [-0.05, 0) is 54.1 Å². The lowest BCUT2D eigenvalue weighted by atomic mass is 9.92. The maximum Gasteiger partial charge on any atom is 0.164 e. The highest BCUT2D eigenvalue weighted by molar-refractivity contribution is 6.31. The van der Waals surface area contributed by atoms with Crippen molar-refractivity contribution in [3.05, 3.63) is 124 Å². The summed E-state index contributed by atoms with van der Waals surface area (Å²) in [6.45, 7) is 0. The largest absolute Gasteiger partial charge is 0.226 e. The maximum absolute atomic E-state index is 10.5. The van der Waals surface area contributed by atoms with Crippen molar-refractivity contribution >= 4 is 45.8 Å². The lowest BCUT2D eigenvalue weighted by Gasteiger charge is -2.13. The summed E-state index contributed by atoms with van der Waals surface area (Å²) in [4.78, 5) is 5.07. The lowest BCUT2D eigenvalue weighted by Crippen LogP contribution is -2.01. The molecule has 0 amide bonds. The van der Waals surface area contributed by atoms with E-state index in [1.165, 1.54) is 0 Å². The van der Waals surface area contributed by atoms with E-state index in [0.717, 1.165) is 33.3 Å². The second-order valence-corrected chi connectivity index (χ2v) is 9.95. The van der Waals surface area contributed by atoms with Crippen molar-refractivity contribution in [2.75, 3.05) is 0 Å². The molecule has 0 radical (unpaired) electrons. The fraction of sp³-hybridized carbons (Fsp3) is 0. The van der Waals surface area contributed by atoms with Gasteiger partial charge in [-0.25, -0.2) is 9.67 Å². The standard InChI is InChI=1S/C31H17Cl3N4/c32-22-12-6-19(7-13-22)27-26(18-35)29(20-8-14-23(33)15-9-20)36-31-28(27)30(21-10-16-24(34)17-11-21)37-38(31)25-4-2-1-3-5-25/h1-17H. The van der Waals surface area contributed by atoms with Gasteiger partial charge < -0.3 is 0 Å². The third kappa shape index (κ3) is 4.31. The Kier molecular flexibility index (Phi) is 6.35. The van der Waals surface area contributed by atoms with Crippen LogP contribution in [0.15, 0.2) is 103 Å². The van der Waals surface area contributed by atoms with Crippen LogP contribution >= 0.6 is 34.8 Å². The molecule has 182 valence electrons. The van der Waals surface area contributed by atoms with Gasteiger partial charge in [-0.15, -0.1) is 0 Å². The summed E-state index contributed by atoms with van der Waals surface area (Å²) < 4.78 is 1.82. The molecule has 0 atom stereocenters. The first-order chi connectivity index (χ1) is 18.5. The Bertz CT molecular complexity index is 1820. The van der Waals surface area contributed by atoms with Gasteiger partial charge in [0, 0.05) is 31.8 Å². The van der Waals surface area contributed by atoms with Crippen LogP contribution in [-0.2, 0) is 0 Å². The van der Waals surface area contributed by atoms with Crippen molar-refractivity contribution in [3.63, 3.8) is 0 Å². The van der Waals surface area contributed by atoms with Gasteiger partial charge >= 0.3 is 0 Å². The van der Waals surface area contributed by atoms with Gasteiger partial charge in [0.15, 0.2) is 5.65 Å². The van der Waals surface area contributed by atoms with Crippen molar-refractivity contribution in [2.45, 2.75) is 0 Å². The Balaban J connectivity index is 1.80. The maximum atomic E-state index is 10.5. The molecule has 2 heterocycles. The molecule has 0 unspecified atom stereocenters. The number of pyridine rings is 1. The van der Waals surface area contributed by atoms with Crippen molar-refractivity contribution in [2.24, 2.45) is 0 Å². The molecule has 0 bridgehead atoms. The van der Waals surface area contributed by atoms with Gasteiger partial charge in [-0.2, -0.15) is 10.4 Å². The molecule has 0 fully saturated rings. The van der Waals surface area contributed by atoms with Crippen molar-refractivity contribution in [1.82, 2.24) is 14.8 Å². The van der Waals surface area contributed by atoms with Crippen LogP contribution in [0.25, 0.3) is 50.4 Å². The molecule has 2 aromatic heterocycles. The monoisotopic (exact) mass is 550 g/mol. The molecule has 0 aliphatic heterocycles. The van der Waals surface area contributed by atoms with Gasteiger partial charge in [0.25, 0.3) is 0 Å². The molecule has 6 aromatic rings. The Hall–Kier alpha value is -4.14. The van der Waals surface area contributed by atoms with Crippen LogP contribution in [0.2, 0.25) is 15.1 Å². The SMILES string of the molecule is N#Cc1c(-c2ccc(Cl)cc2)nc2c(c(-c3ccc(Cl)cc3)nn2-c2ccccc2)c1-c1ccc(Cl)cc1. The third-order valence-electron chi connectivity index (χ3n) is 6.30. The zero-order valence-corrected chi connectivity index (χ0v) is 22.0. The van der Waals surface area contributed by atoms with Gasteiger partial charge in [0.2, 0.25) is 0 Å². The molecule has 7 heteroatoms. The summed E-state index contributed by atoms with van der Waals surface area (Å²) in [7, 11) is 0. The fourth-order valence-electron chi connectivity index (χ4n) is 4.54. The molecule has 0 spiro atoms. The average molecular weight is 552 g/mol. The molecule has 0 N–H and O–H groups in total. The van der Waals surface area contributed by atoms with Crippen LogP contribution in [0.1, 0.15) is 5.56 Å². The van der Waals surface area contributed by atoms with Gasteiger partial charge in [-0.3, -0.25) is 0 Å². The topological polar surface area (TPSA) is 54.5 Å². The molecule has 0 saturated heterocycles. The van der Waals surface area contributed by atoms with E-state index < -0.39 is 0 Å². The van der Waals surface area contributed by atoms with E-state index >= 15 is 0 Å². The van der Waals surface area contributed by atoms with E-state index in [1.807, 2.05) is 95.7 Å². The average Bonchev–Trinajstić information content (AvgIpc) is 3.33. The summed E-state index contributed by atoms with van der Waals surface area (Å²) in [6.07, 6.45) is 0. The number of aromatic nitrogens is 3. The molecule has 0 aliphatic rings. The van der Waals surface area contributed by atoms with Crippen molar-refractivity contribution < 1.29 is 0 Å². The second kappa shape index (κ2) is 9.96. The highest BCUT2D eigenvalue weighted by Gasteiger charge is 2.25. The van der Waals surface area contributed by atoms with Crippen LogP contribution in [0.3, 0.4) is 0 Å². The number of nitriles is 1. The summed E-state index contributed by atoms with van der Waals surface area (Å²) >= 11 is 18.6. The fourth-order valence-corrected chi connectivity index (χ4v) is 4.92. The van der Waals surface area contributed by atoms with Gasteiger partial charge in [-0.1, -0.05) is 89.4 Å². The van der Waals surface area contributed by atoms with Crippen LogP contribution in [0, 0.1) is 11.3 Å². The zero-order chi connectivity index (χ0) is 26.2. The summed E-state index contributed by atoms with van der Waals surface area (Å²) in [5.41, 5.74) is 6.33. The number of hydrogen-bond acceptors (Lipinski definition) is 3. The van der Waals surface area contributed by atoms with E-state index in [0.29, 0.717) is 37.7 Å². The minimum Gasteiger partial charge on any atom is -0.226 e. The quantitative estimate of drug-likeness (QED) is 0.219. The second-order valence-electron chi connectivity index (χ2n) is 8.64. The molecule has 6 rings (SSSR count). The minimum atomic E-state index is 0.435. The Morgan fingerprint density at radius 2 is 1.11 bits per heavy atom. The minimum absolute atomic E-state index is 0.435. The Morgan fingerprint density at radius 1 is 0.605 bits per heavy atom. The normalized spacial score (nSPS) is 11.0. The molecule has 4 nitrogen and oxygen atoms in total. The molecule has 0 aliphatic carbocycles. The molecule has 38 heavy (non-hydrogen) atoms. The number of benzene rings is 4. The molecule has 4 aromatic carbocycles. The van der Waals surface area contributed by atoms with Crippen molar-refractivity contribution in [3.8, 4) is 45.4 Å². The van der Waals surface area contributed by atoms with Crippen LogP contribution in [0.4, 0.5) is 0 Å². The summed E-state index contributed by atoms with van der Waals surface area (Å²) in [6, 6.07) is 34.5. The Labute approximate surface area is 234 Å². The number of fused-ring (bicyclic) bond motifs is 1. The number of nitrogens with zero attached hydrogens (tertiary/aromatic N) is 4. The van der Waals surface area contributed by atoms with Gasteiger partial charge in [0.05, 0.1) is 22.3 Å². The Morgan fingerprint density at radius 3 is 1.63 bits per heavy atom. The molecule has 0 saturated carbocycles. The van der Waals surface area contributed by atoms with Crippen LogP contribution in [0.5, 0.6) is 0 Å². The number of hydrogen-bond donors (Lipinski definition) is 0. The van der Waals surface area contributed by atoms with E-state index in [9.17, 15) is 5.26 Å². The van der Waals surface area contributed by atoms with Crippen molar-refractivity contribution in [1.29, 1.82) is 5.26 Å². The van der Waals surface area contributed by atoms with E-state index in [-0.39, 0.29) is 0 Å². The highest BCUT2D eigenvalue weighted by atomic mass is 35.5. The summed E-state index contributed by atoms with van der Waals surface area (Å²) in [5.74, 6) is 0. The highest BCUT2D eigenvalue weighted by Crippen LogP contribution is 2.42. The third-order valence-corrected chi connectivity index (χ3v) is 7.05. The zero-order valence-electron chi connectivity index (χ0n) is 19.7. The van der Waals surface area contributed by atoms with E-state index in [2.05, 4.69) is 6.07 Å². The molecular formula is C31H17Cl3N4. The van der Waals surface area contributed by atoms with E-state index in [4.69, 9.17) is 44.9 Å². The van der Waals surface area contributed by atoms with Gasteiger partial charge in [0.1, 0.15) is 11.8 Å². The first-order valence-corrected chi connectivity index (χ1v) is 12.9. The summed E-state index contributed by atoms with van der Waals surface area (Å²) in [5, 5.41) is 18.2. The molecular weight excluding hydrogens is 535 g/mol. The first kappa shape index (κ1) is 24.2. The number of para-hydroxylation sites is 1. The predicted octanol–water partition coefficient (Wildman–Crippen LogP) is 9.25. The van der Waals surface area contributed by atoms with Crippen LogP contribution < -0.4 is 0 Å². The van der Waals surface area contributed by atoms with Crippen LogP contribution in [-0.4, -0.2) is 14.8 Å². The lowest BCUT2D eigenvalue weighted by molar-refractivity contribution is 0.901. The number of rotatable bonds is 4. The first-order valence-electron chi connectivity index (χ1n) is 11.7. The smallest absolute Gasteiger partial charge is 0.164 e. The predicted molar refractivity (Wildman–Crippen MR) is 155 cm³/mol. The number of halogens is 3. The van der Waals surface area contributed by atoms with E-state index in [1.54, 1.807) is 12.1 Å².